The molecule has 0 fully saturated rings. The summed E-state index contributed by atoms with van der Waals surface area (Å²) in [5.41, 5.74) is 1.52. The van der Waals surface area contributed by atoms with Gasteiger partial charge in [-0.2, -0.15) is 5.10 Å². The van der Waals surface area contributed by atoms with Crippen molar-refractivity contribution in [2.45, 2.75) is 13.5 Å². The number of aryl methyl sites for hydroxylation is 1. The smallest absolute Gasteiger partial charge is 0.347 e. The van der Waals surface area contributed by atoms with E-state index in [0.29, 0.717) is 17.4 Å². The van der Waals surface area contributed by atoms with Crippen molar-refractivity contribution in [3.63, 3.8) is 0 Å². The number of carbonyl (C=O) groups is 1. The molecule has 7 heteroatoms. The number of carboxylic acid groups (broad SMARTS) is 1. The van der Waals surface area contributed by atoms with Crippen molar-refractivity contribution >= 4 is 22.4 Å². The summed E-state index contributed by atoms with van der Waals surface area (Å²) in [6.45, 7) is 2.26. The first-order valence-electron chi connectivity index (χ1n) is 4.59. The van der Waals surface area contributed by atoms with Crippen molar-refractivity contribution in [2.75, 3.05) is 5.32 Å². The molecule has 2 aromatic heterocycles. The van der Waals surface area contributed by atoms with Crippen LogP contribution in [0.1, 0.15) is 20.9 Å². The lowest BCUT2D eigenvalue weighted by molar-refractivity contribution is 0.0701. The number of thiazole rings is 1. The number of hydrogen-bond donors (Lipinski definition) is 3. The molecule has 0 amide bonds. The average Bonchev–Trinajstić information content (AvgIpc) is 2.83. The molecule has 2 rings (SSSR count). The van der Waals surface area contributed by atoms with Crippen molar-refractivity contribution in [3.8, 4) is 0 Å². The largest absolute Gasteiger partial charge is 0.477 e. The van der Waals surface area contributed by atoms with Gasteiger partial charge in [-0.3, -0.25) is 5.10 Å². The van der Waals surface area contributed by atoms with Gasteiger partial charge in [-0.15, -0.1) is 0 Å². The van der Waals surface area contributed by atoms with Gasteiger partial charge in [0.2, 0.25) is 0 Å². The summed E-state index contributed by atoms with van der Waals surface area (Å²) < 4.78 is 0. The minimum Gasteiger partial charge on any atom is -0.477 e. The lowest BCUT2D eigenvalue weighted by Crippen LogP contribution is -1.97. The van der Waals surface area contributed by atoms with Gasteiger partial charge in [-0.1, -0.05) is 11.3 Å². The van der Waals surface area contributed by atoms with Gasteiger partial charge in [0, 0.05) is 18.3 Å². The molecule has 0 aromatic carbocycles. The maximum Gasteiger partial charge on any atom is 0.347 e. The van der Waals surface area contributed by atoms with Gasteiger partial charge in [-0.25, -0.2) is 9.78 Å². The maximum atomic E-state index is 10.8. The monoisotopic (exact) mass is 238 g/mol. The van der Waals surface area contributed by atoms with E-state index in [9.17, 15) is 4.79 Å². The molecule has 0 radical (unpaired) electrons. The highest BCUT2D eigenvalue weighted by Crippen LogP contribution is 2.22. The van der Waals surface area contributed by atoms with Crippen LogP contribution < -0.4 is 5.32 Å². The number of nitrogens with zero attached hydrogens (tertiary/aromatic N) is 2. The first-order valence-corrected chi connectivity index (χ1v) is 5.40. The Morgan fingerprint density at radius 3 is 3.06 bits per heavy atom. The molecular weight excluding hydrogens is 228 g/mol. The molecule has 6 nitrogen and oxygen atoms in total. The van der Waals surface area contributed by atoms with Gasteiger partial charge in [0.25, 0.3) is 0 Å². The molecule has 0 aliphatic rings. The van der Waals surface area contributed by atoms with Crippen LogP contribution in [0.5, 0.6) is 0 Å². The summed E-state index contributed by atoms with van der Waals surface area (Å²) in [6, 6.07) is 0. The lowest BCUT2D eigenvalue weighted by Gasteiger charge is -1.97. The predicted octanol–water partition coefficient (Wildman–Crippen LogP) is 1.48. The number of anilines is 1. The summed E-state index contributed by atoms with van der Waals surface area (Å²) in [7, 11) is 0. The molecule has 0 bridgehead atoms. The third-order valence-electron chi connectivity index (χ3n) is 1.99. The van der Waals surface area contributed by atoms with E-state index in [4.69, 9.17) is 5.11 Å². The Morgan fingerprint density at radius 2 is 2.50 bits per heavy atom. The quantitative estimate of drug-likeness (QED) is 0.750. The van der Waals surface area contributed by atoms with Crippen molar-refractivity contribution in [1.82, 2.24) is 15.2 Å². The number of aromatic nitrogens is 3. The summed E-state index contributed by atoms with van der Waals surface area (Å²) in [5.74, 6) is -0.939. The van der Waals surface area contributed by atoms with Gasteiger partial charge in [0.1, 0.15) is 4.88 Å². The molecule has 0 aliphatic carbocycles. The second-order valence-electron chi connectivity index (χ2n) is 3.20. The lowest BCUT2D eigenvalue weighted by atomic mass is 10.4. The molecule has 84 valence electrons. The molecule has 0 saturated carbocycles. The average molecular weight is 238 g/mol. The number of carboxylic acids is 1. The zero-order chi connectivity index (χ0) is 11.5. The normalized spacial score (nSPS) is 10.3. The highest BCUT2D eigenvalue weighted by molar-refractivity contribution is 7.17. The highest BCUT2D eigenvalue weighted by Gasteiger charge is 2.13. The van der Waals surface area contributed by atoms with E-state index in [1.54, 1.807) is 19.3 Å². The molecule has 0 atom stereocenters. The van der Waals surface area contributed by atoms with Crippen LogP contribution in [0.4, 0.5) is 5.13 Å². The molecule has 3 N–H and O–H groups in total. The molecule has 0 aliphatic heterocycles. The third kappa shape index (κ3) is 2.19. The second-order valence-corrected chi connectivity index (χ2v) is 4.20. The van der Waals surface area contributed by atoms with Crippen molar-refractivity contribution in [3.05, 3.63) is 28.5 Å². The van der Waals surface area contributed by atoms with Gasteiger partial charge >= 0.3 is 5.97 Å². The Balaban J connectivity index is 2.05. The van der Waals surface area contributed by atoms with E-state index in [1.807, 2.05) is 0 Å². The molecule has 0 spiro atoms. The Morgan fingerprint density at radius 1 is 1.69 bits per heavy atom. The second kappa shape index (κ2) is 4.31. The molecule has 2 heterocycles. The third-order valence-corrected chi connectivity index (χ3v) is 3.09. The zero-order valence-electron chi connectivity index (χ0n) is 8.52. The van der Waals surface area contributed by atoms with E-state index < -0.39 is 5.97 Å². The zero-order valence-corrected chi connectivity index (χ0v) is 9.34. The van der Waals surface area contributed by atoms with E-state index in [-0.39, 0.29) is 4.88 Å². The fraction of sp³-hybridized carbons (Fsp3) is 0.222. The van der Waals surface area contributed by atoms with Crippen LogP contribution in [0, 0.1) is 6.92 Å². The first-order chi connectivity index (χ1) is 7.66. The standard InChI is InChI=1S/C9H10N4O2S/c1-5-7(8(14)15)16-9(13-5)10-2-6-3-11-12-4-6/h3-4H,2H2,1H3,(H,10,13)(H,11,12)(H,14,15). The van der Waals surface area contributed by atoms with Crippen molar-refractivity contribution < 1.29 is 9.90 Å². The maximum absolute atomic E-state index is 10.8. The Bertz CT molecular complexity index is 492. The molecule has 0 unspecified atom stereocenters. The summed E-state index contributed by atoms with van der Waals surface area (Å²) in [5, 5.41) is 19.0. The number of nitrogens with one attached hydrogen (secondary N) is 2. The topological polar surface area (TPSA) is 90.9 Å². The molecule has 0 saturated heterocycles. The fourth-order valence-electron chi connectivity index (χ4n) is 1.22. The Kier molecular flexibility index (Phi) is 2.86. The minimum atomic E-state index is -0.939. The van der Waals surface area contributed by atoms with Crippen LogP contribution in [0.25, 0.3) is 0 Å². The summed E-state index contributed by atoms with van der Waals surface area (Å²) in [6.07, 6.45) is 3.47. The predicted molar refractivity (Wildman–Crippen MR) is 59.7 cm³/mol. The van der Waals surface area contributed by atoms with Crippen molar-refractivity contribution in [2.24, 2.45) is 0 Å². The first kappa shape index (κ1) is 10.6. The van der Waals surface area contributed by atoms with Crippen LogP contribution in [-0.2, 0) is 6.54 Å². The fourth-order valence-corrected chi connectivity index (χ4v) is 2.02. The van der Waals surface area contributed by atoms with E-state index >= 15 is 0 Å². The van der Waals surface area contributed by atoms with Crippen LogP contribution in [0.2, 0.25) is 0 Å². The summed E-state index contributed by atoms with van der Waals surface area (Å²) >= 11 is 1.14. The highest BCUT2D eigenvalue weighted by atomic mass is 32.1. The van der Waals surface area contributed by atoms with E-state index in [1.165, 1.54) is 0 Å². The number of hydrogen-bond acceptors (Lipinski definition) is 5. The van der Waals surface area contributed by atoms with E-state index in [0.717, 1.165) is 16.9 Å². The van der Waals surface area contributed by atoms with Crippen LogP contribution in [0.15, 0.2) is 12.4 Å². The van der Waals surface area contributed by atoms with E-state index in [2.05, 4.69) is 20.5 Å². The van der Waals surface area contributed by atoms with Gasteiger partial charge < -0.3 is 10.4 Å². The Labute approximate surface area is 95.3 Å². The number of aromatic carboxylic acids is 1. The molecule has 16 heavy (non-hydrogen) atoms. The van der Waals surface area contributed by atoms with Crippen LogP contribution in [0.3, 0.4) is 0 Å². The SMILES string of the molecule is Cc1nc(NCc2cn[nH]c2)sc1C(=O)O. The Hall–Kier alpha value is -1.89. The van der Waals surface area contributed by atoms with Gasteiger partial charge in [-0.05, 0) is 6.92 Å². The minimum absolute atomic E-state index is 0.273. The molecule has 2 aromatic rings. The van der Waals surface area contributed by atoms with Crippen LogP contribution in [-0.4, -0.2) is 26.3 Å². The number of rotatable bonds is 4. The summed E-state index contributed by atoms with van der Waals surface area (Å²) in [4.78, 5) is 15.2. The number of aromatic amines is 1. The van der Waals surface area contributed by atoms with Crippen LogP contribution >= 0.6 is 11.3 Å². The van der Waals surface area contributed by atoms with Crippen molar-refractivity contribution in [1.29, 1.82) is 0 Å². The number of H-pyrrole nitrogens is 1. The van der Waals surface area contributed by atoms with Gasteiger partial charge in [0.15, 0.2) is 5.13 Å². The van der Waals surface area contributed by atoms with Gasteiger partial charge in [0.05, 0.1) is 11.9 Å². The molecular formula is C9H10N4O2S.